The minimum atomic E-state index is -0.334. The van der Waals surface area contributed by atoms with E-state index in [9.17, 15) is 14.9 Å². The Bertz CT molecular complexity index is 1090. The third-order valence-electron chi connectivity index (χ3n) is 4.53. The van der Waals surface area contributed by atoms with Gasteiger partial charge in [0.1, 0.15) is 10.7 Å². The summed E-state index contributed by atoms with van der Waals surface area (Å²) in [6.07, 6.45) is 2.56. The van der Waals surface area contributed by atoms with Crippen molar-refractivity contribution in [2.24, 2.45) is 0 Å². The van der Waals surface area contributed by atoms with Crippen LogP contribution in [0, 0.1) is 18.3 Å². The molecule has 0 saturated carbocycles. The van der Waals surface area contributed by atoms with E-state index in [1.807, 2.05) is 50.3 Å². The smallest absolute Gasteiger partial charge is 0.269 e. The number of nitrogens with zero attached hydrogens (tertiary/aromatic N) is 3. The lowest BCUT2D eigenvalue weighted by atomic mass is 10.1. The Morgan fingerprint density at radius 1 is 1.36 bits per heavy atom. The highest BCUT2D eigenvalue weighted by Crippen LogP contribution is 2.06. The van der Waals surface area contributed by atoms with E-state index in [1.165, 1.54) is 11.3 Å². The molecular weight excluding hydrogens is 374 g/mol. The molecule has 7 heteroatoms. The monoisotopic (exact) mass is 397 g/mol. The topological polar surface area (TPSA) is 75.3 Å². The zero-order valence-electron chi connectivity index (χ0n) is 16.1. The van der Waals surface area contributed by atoms with E-state index in [0.29, 0.717) is 42.0 Å². The molecule has 0 spiro atoms. The summed E-state index contributed by atoms with van der Waals surface area (Å²) in [5, 5.41) is 9.71. The number of aromatic nitrogens is 1. The van der Waals surface area contributed by atoms with Crippen molar-refractivity contribution < 1.29 is 9.53 Å². The van der Waals surface area contributed by atoms with Crippen LogP contribution in [0.2, 0.25) is 0 Å². The molecule has 0 radical (unpaired) electrons. The van der Waals surface area contributed by atoms with Crippen molar-refractivity contribution >= 4 is 28.9 Å². The van der Waals surface area contributed by atoms with Gasteiger partial charge >= 0.3 is 0 Å². The van der Waals surface area contributed by atoms with Crippen molar-refractivity contribution in [1.29, 1.82) is 5.26 Å². The van der Waals surface area contributed by atoms with Gasteiger partial charge < -0.3 is 9.64 Å². The van der Waals surface area contributed by atoms with Gasteiger partial charge in [0, 0.05) is 19.6 Å². The summed E-state index contributed by atoms with van der Waals surface area (Å²) in [5.41, 5.74) is 1.89. The number of rotatable bonds is 4. The number of ether oxygens (including phenoxy) is 1. The van der Waals surface area contributed by atoms with E-state index in [-0.39, 0.29) is 17.0 Å². The SMILES string of the molecule is CCCn1c(=O)/c(=C\c2cccc(C)c2)s/c1=C(/C#N)C(=O)N1CCOCC1. The summed E-state index contributed by atoms with van der Waals surface area (Å²) in [6, 6.07) is 9.92. The van der Waals surface area contributed by atoms with Gasteiger partial charge in [-0.2, -0.15) is 5.26 Å². The molecule has 0 atom stereocenters. The standard InChI is InChI=1S/C21H23N3O3S/c1-3-7-24-20(26)18(13-16-6-4-5-15(2)12-16)28-21(24)17(14-22)19(25)23-8-10-27-11-9-23/h4-6,12-13H,3,7-11H2,1-2H3/b18-13+,21-17-. The van der Waals surface area contributed by atoms with E-state index < -0.39 is 0 Å². The number of morpholine rings is 1. The van der Waals surface area contributed by atoms with Gasteiger partial charge in [-0.1, -0.05) is 36.8 Å². The van der Waals surface area contributed by atoms with Gasteiger partial charge in [-0.25, -0.2) is 0 Å². The number of amides is 1. The van der Waals surface area contributed by atoms with Crippen molar-refractivity contribution in [3.05, 3.63) is 54.9 Å². The van der Waals surface area contributed by atoms with E-state index in [4.69, 9.17) is 4.74 Å². The van der Waals surface area contributed by atoms with Crippen molar-refractivity contribution in [1.82, 2.24) is 9.47 Å². The molecule has 6 nitrogen and oxygen atoms in total. The first-order chi connectivity index (χ1) is 13.5. The molecule has 1 fully saturated rings. The van der Waals surface area contributed by atoms with Gasteiger partial charge in [0.15, 0.2) is 5.57 Å². The molecule has 3 rings (SSSR count). The van der Waals surface area contributed by atoms with Crippen molar-refractivity contribution in [3.8, 4) is 6.07 Å². The fourth-order valence-electron chi connectivity index (χ4n) is 3.15. The molecule has 1 aliphatic heterocycles. The first kappa shape index (κ1) is 20.1. The molecule has 0 N–H and O–H groups in total. The van der Waals surface area contributed by atoms with Crippen LogP contribution in [0.1, 0.15) is 24.5 Å². The second-order valence-corrected chi connectivity index (χ2v) is 7.71. The van der Waals surface area contributed by atoms with Gasteiger partial charge in [-0.05, 0) is 25.0 Å². The lowest BCUT2D eigenvalue weighted by Crippen LogP contribution is -2.42. The van der Waals surface area contributed by atoms with Crippen LogP contribution in [-0.4, -0.2) is 41.7 Å². The molecule has 0 bridgehead atoms. The number of hydrogen-bond donors (Lipinski definition) is 0. The molecule has 1 aliphatic rings. The second kappa shape index (κ2) is 9.00. The number of carbonyl (C=O) groups is 1. The van der Waals surface area contributed by atoms with Crippen LogP contribution in [0.15, 0.2) is 29.1 Å². The Balaban J connectivity index is 2.18. The number of thiazole rings is 1. The Labute approximate surface area is 167 Å². The first-order valence-corrected chi connectivity index (χ1v) is 10.2. The summed E-state index contributed by atoms with van der Waals surface area (Å²) < 4.78 is 7.81. The summed E-state index contributed by atoms with van der Waals surface area (Å²) in [6.45, 7) is 6.26. The lowest BCUT2D eigenvalue weighted by Gasteiger charge is -2.26. The predicted molar refractivity (Wildman–Crippen MR) is 109 cm³/mol. The van der Waals surface area contributed by atoms with Gasteiger partial charge in [0.25, 0.3) is 11.5 Å². The number of benzene rings is 1. The van der Waals surface area contributed by atoms with Gasteiger partial charge in [0.2, 0.25) is 0 Å². The highest BCUT2D eigenvalue weighted by atomic mass is 32.1. The molecule has 1 saturated heterocycles. The Hall–Kier alpha value is -2.69. The molecule has 1 amide bonds. The van der Waals surface area contributed by atoms with E-state index in [1.54, 1.807) is 9.47 Å². The maximum absolute atomic E-state index is 13.0. The van der Waals surface area contributed by atoms with Crippen molar-refractivity contribution in [3.63, 3.8) is 0 Å². The normalized spacial score (nSPS) is 16.0. The van der Waals surface area contributed by atoms with Crippen LogP contribution in [0.4, 0.5) is 0 Å². The zero-order valence-corrected chi connectivity index (χ0v) is 16.9. The van der Waals surface area contributed by atoms with Crippen molar-refractivity contribution in [2.45, 2.75) is 26.8 Å². The van der Waals surface area contributed by atoms with E-state index in [2.05, 4.69) is 0 Å². The largest absolute Gasteiger partial charge is 0.378 e. The highest BCUT2D eigenvalue weighted by molar-refractivity contribution is 7.07. The predicted octanol–water partition coefficient (Wildman–Crippen LogP) is 0.990. The van der Waals surface area contributed by atoms with Crippen molar-refractivity contribution in [2.75, 3.05) is 26.3 Å². The average Bonchev–Trinajstić information content (AvgIpc) is 2.99. The molecule has 1 aromatic heterocycles. The molecular formula is C21H23N3O3S. The van der Waals surface area contributed by atoms with Gasteiger partial charge in [-0.3, -0.25) is 14.2 Å². The summed E-state index contributed by atoms with van der Waals surface area (Å²) in [7, 11) is 0. The van der Waals surface area contributed by atoms with Gasteiger partial charge in [-0.15, -0.1) is 11.3 Å². The third-order valence-corrected chi connectivity index (χ3v) is 5.66. The molecule has 28 heavy (non-hydrogen) atoms. The van der Waals surface area contributed by atoms with Crippen LogP contribution in [0.5, 0.6) is 0 Å². The lowest BCUT2D eigenvalue weighted by molar-refractivity contribution is -0.128. The molecule has 2 aromatic rings. The summed E-state index contributed by atoms with van der Waals surface area (Å²) in [5.74, 6) is -0.334. The number of hydrogen-bond acceptors (Lipinski definition) is 5. The molecule has 146 valence electrons. The molecule has 0 unspecified atom stereocenters. The number of carbonyl (C=O) groups excluding carboxylic acids is 1. The van der Waals surface area contributed by atoms with Crippen LogP contribution >= 0.6 is 11.3 Å². The quantitative estimate of drug-likeness (QED) is 0.771. The van der Waals surface area contributed by atoms with Crippen LogP contribution in [-0.2, 0) is 16.1 Å². The Morgan fingerprint density at radius 3 is 2.75 bits per heavy atom. The molecule has 0 aliphatic carbocycles. The van der Waals surface area contributed by atoms with Crippen LogP contribution in [0.3, 0.4) is 0 Å². The highest BCUT2D eigenvalue weighted by Gasteiger charge is 2.23. The van der Waals surface area contributed by atoms with Crippen LogP contribution < -0.4 is 14.8 Å². The summed E-state index contributed by atoms with van der Waals surface area (Å²) >= 11 is 1.21. The zero-order chi connectivity index (χ0) is 20.1. The maximum Gasteiger partial charge on any atom is 0.269 e. The summed E-state index contributed by atoms with van der Waals surface area (Å²) in [4.78, 5) is 27.5. The fourth-order valence-corrected chi connectivity index (χ4v) is 4.28. The maximum atomic E-state index is 13.0. The minimum Gasteiger partial charge on any atom is -0.378 e. The van der Waals surface area contributed by atoms with Gasteiger partial charge in [0.05, 0.1) is 17.7 Å². The number of aryl methyl sites for hydroxylation is 1. The van der Waals surface area contributed by atoms with E-state index in [0.717, 1.165) is 17.5 Å². The number of nitriles is 1. The molecule has 1 aromatic carbocycles. The Kier molecular flexibility index (Phi) is 6.45. The molecule has 2 heterocycles. The average molecular weight is 398 g/mol. The van der Waals surface area contributed by atoms with Crippen LogP contribution in [0.25, 0.3) is 11.6 Å². The first-order valence-electron chi connectivity index (χ1n) is 9.34. The minimum absolute atomic E-state index is 0.0290. The Morgan fingerprint density at radius 2 is 2.11 bits per heavy atom. The fraction of sp³-hybridized carbons (Fsp3) is 0.381. The second-order valence-electron chi connectivity index (χ2n) is 6.68. The third kappa shape index (κ3) is 4.24. The van der Waals surface area contributed by atoms with E-state index >= 15 is 0 Å².